The van der Waals surface area contributed by atoms with Crippen LogP contribution < -0.4 is 5.32 Å². The molecule has 2 amide bonds. The van der Waals surface area contributed by atoms with Gasteiger partial charge in [-0.2, -0.15) is 0 Å². The third-order valence-corrected chi connectivity index (χ3v) is 4.79. The number of carbonyl (C=O) groups excluding carboxylic acids is 2. The van der Waals surface area contributed by atoms with E-state index in [2.05, 4.69) is 34.7 Å². The van der Waals surface area contributed by atoms with Gasteiger partial charge in [-0.3, -0.25) is 9.59 Å². The van der Waals surface area contributed by atoms with Crippen LogP contribution in [0.25, 0.3) is 0 Å². The first-order valence-corrected chi connectivity index (χ1v) is 10.0. The molecule has 8 nitrogen and oxygen atoms in total. The minimum Gasteiger partial charge on any atom is -0.339 e. The van der Waals surface area contributed by atoms with Crippen LogP contribution in [0, 0.1) is 5.92 Å². The van der Waals surface area contributed by atoms with Gasteiger partial charge < -0.3 is 10.2 Å². The van der Waals surface area contributed by atoms with Gasteiger partial charge in [0.15, 0.2) is 0 Å². The molecular formula is C18H26N6O2S. The summed E-state index contributed by atoms with van der Waals surface area (Å²) < 4.78 is 1.70. The van der Waals surface area contributed by atoms with Crippen LogP contribution in [0.2, 0.25) is 0 Å². The predicted octanol–water partition coefficient (Wildman–Crippen LogP) is 2.54. The van der Waals surface area contributed by atoms with Crippen LogP contribution in [-0.4, -0.2) is 55.8 Å². The summed E-state index contributed by atoms with van der Waals surface area (Å²) in [4.78, 5) is 26.2. The number of carbonyl (C=O) groups is 2. The molecule has 0 aliphatic heterocycles. The van der Waals surface area contributed by atoms with Gasteiger partial charge in [0, 0.05) is 30.9 Å². The van der Waals surface area contributed by atoms with Crippen molar-refractivity contribution >= 4 is 29.3 Å². The van der Waals surface area contributed by atoms with Crippen molar-refractivity contribution in [3.05, 3.63) is 29.8 Å². The van der Waals surface area contributed by atoms with Gasteiger partial charge in [-0.25, -0.2) is 4.68 Å². The second kappa shape index (κ2) is 10.1. The first-order valence-electron chi connectivity index (χ1n) is 9.02. The molecule has 0 unspecified atom stereocenters. The molecule has 27 heavy (non-hydrogen) atoms. The van der Waals surface area contributed by atoms with E-state index in [0.717, 1.165) is 0 Å². The van der Waals surface area contributed by atoms with E-state index in [-0.39, 0.29) is 17.6 Å². The average molecular weight is 391 g/mol. The number of aromatic nitrogens is 4. The summed E-state index contributed by atoms with van der Waals surface area (Å²) in [5, 5.41) is 15.0. The quantitative estimate of drug-likeness (QED) is 0.662. The Labute approximate surface area is 163 Å². The van der Waals surface area contributed by atoms with Gasteiger partial charge >= 0.3 is 0 Å². The van der Waals surface area contributed by atoms with Crippen molar-refractivity contribution in [2.75, 3.05) is 24.2 Å². The number of nitrogens with zero attached hydrogens (tertiary/aromatic N) is 5. The molecule has 2 rings (SSSR count). The van der Waals surface area contributed by atoms with E-state index in [1.807, 2.05) is 13.8 Å². The van der Waals surface area contributed by atoms with Crippen molar-refractivity contribution in [3.8, 4) is 0 Å². The number of benzene rings is 1. The Morgan fingerprint density at radius 1 is 1.19 bits per heavy atom. The van der Waals surface area contributed by atoms with Crippen LogP contribution in [0.3, 0.4) is 0 Å². The second-order valence-electron chi connectivity index (χ2n) is 6.43. The Kier molecular flexibility index (Phi) is 7.78. The maximum absolute atomic E-state index is 12.3. The van der Waals surface area contributed by atoms with Gasteiger partial charge in [-0.15, -0.1) is 5.10 Å². The largest absolute Gasteiger partial charge is 0.339 e. The number of anilines is 1. The van der Waals surface area contributed by atoms with Crippen LogP contribution in [-0.2, 0) is 11.3 Å². The Bertz CT molecular complexity index is 755. The van der Waals surface area contributed by atoms with Crippen molar-refractivity contribution in [1.29, 1.82) is 0 Å². The maximum atomic E-state index is 12.3. The fourth-order valence-corrected chi connectivity index (χ4v) is 3.16. The third-order valence-electron chi connectivity index (χ3n) is 3.84. The topological polar surface area (TPSA) is 93.0 Å². The molecule has 0 atom stereocenters. The lowest BCUT2D eigenvalue weighted by Gasteiger charge is -2.18. The molecule has 2 aromatic rings. The molecule has 0 saturated heterocycles. The fraction of sp³-hybridized carbons (Fsp3) is 0.500. The van der Waals surface area contributed by atoms with E-state index in [0.29, 0.717) is 42.0 Å². The Morgan fingerprint density at radius 3 is 2.44 bits per heavy atom. The number of rotatable bonds is 9. The van der Waals surface area contributed by atoms with Crippen molar-refractivity contribution in [3.63, 3.8) is 0 Å². The number of tetrazole rings is 1. The van der Waals surface area contributed by atoms with Crippen LogP contribution in [0.4, 0.5) is 5.69 Å². The van der Waals surface area contributed by atoms with Gasteiger partial charge in [0.1, 0.15) is 0 Å². The smallest absolute Gasteiger partial charge is 0.253 e. The summed E-state index contributed by atoms with van der Waals surface area (Å²) >= 11 is 1.29. The highest BCUT2D eigenvalue weighted by Gasteiger charge is 2.13. The summed E-state index contributed by atoms with van der Waals surface area (Å²) in [6.45, 7) is 10.1. The van der Waals surface area contributed by atoms with Gasteiger partial charge in [-0.05, 0) is 54.5 Å². The molecule has 0 spiro atoms. The van der Waals surface area contributed by atoms with Crippen LogP contribution in [0.5, 0.6) is 0 Å². The van der Waals surface area contributed by atoms with E-state index in [1.54, 1.807) is 33.8 Å². The lowest BCUT2D eigenvalue weighted by atomic mass is 10.2. The normalized spacial score (nSPS) is 10.9. The average Bonchev–Trinajstić information content (AvgIpc) is 3.08. The van der Waals surface area contributed by atoms with Gasteiger partial charge in [0.05, 0.1) is 5.75 Å². The van der Waals surface area contributed by atoms with Crippen molar-refractivity contribution < 1.29 is 9.59 Å². The highest BCUT2D eigenvalue weighted by Crippen LogP contribution is 2.16. The van der Waals surface area contributed by atoms with Gasteiger partial charge in [0.2, 0.25) is 11.1 Å². The van der Waals surface area contributed by atoms with E-state index in [9.17, 15) is 9.59 Å². The van der Waals surface area contributed by atoms with E-state index in [1.165, 1.54) is 11.8 Å². The zero-order chi connectivity index (χ0) is 19.8. The molecule has 1 heterocycles. The fourth-order valence-electron chi connectivity index (χ4n) is 2.48. The van der Waals surface area contributed by atoms with Crippen LogP contribution >= 0.6 is 11.8 Å². The van der Waals surface area contributed by atoms with Crippen molar-refractivity contribution in [2.45, 2.75) is 39.4 Å². The number of hydrogen-bond acceptors (Lipinski definition) is 6. The highest BCUT2D eigenvalue weighted by molar-refractivity contribution is 7.99. The Hall–Kier alpha value is -2.42. The van der Waals surface area contributed by atoms with Gasteiger partial charge in [-0.1, -0.05) is 25.6 Å². The number of nitrogens with one attached hydrogen (secondary N) is 1. The summed E-state index contributed by atoms with van der Waals surface area (Å²) in [7, 11) is 0. The van der Waals surface area contributed by atoms with E-state index >= 15 is 0 Å². The standard InChI is InChI=1S/C18H26N6O2S/c1-5-23(6-2)17(26)14-7-9-15(10-8-14)19-16(25)12-27-18-20-21-22-24(18)11-13(3)4/h7-10,13H,5-6,11-12H2,1-4H3,(H,19,25). The molecule has 0 saturated carbocycles. The molecule has 0 radical (unpaired) electrons. The summed E-state index contributed by atoms with van der Waals surface area (Å²) in [6, 6.07) is 6.93. The molecule has 0 fully saturated rings. The molecule has 0 aliphatic carbocycles. The minimum atomic E-state index is -0.151. The second-order valence-corrected chi connectivity index (χ2v) is 7.37. The highest BCUT2D eigenvalue weighted by atomic mass is 32.2. The van der Waals surface area contributed by atoms with E-state index in [4.69, 9.17) is 0 Å². The van der Waals surface area contributed by atoms with E-state index < -0.39 is 0 Å². The lowest BCUT2D eigenvalue weighted by Crippen LogP contribution is -2.30. The molecule has 9 heteroatoms. The first-order chi connectivity index (χ1) is 12.9. The zero-order valence-corrected chi connectivity index (χ0v) is 17.0. The summed E-state index contributed by atoms with van der Waals surface area (Å²) in [5.41, 5.74) is 1.26. The number of hydrogen-bond donors (Lipinski definition) is 1. The SMILES string of the molecule is CCN(CC)C(=O)c1ccc(NC(=O)CSc2nnnn2CC(C)C)cc1. The Balaban J connectivity index is 1.89. The Morgan fingerprint density at radius 2 is 1.85 bits per heavy atom. The lowest BCUT2D eigenvalue weighted by molar-refractivity contribution is -0.113. The van der Waals surface area contributed by atoms with Crippen LogP contribution in [0.15, 0.2) is 29.4 Å². The molecule has 0 aliphatic rings. The minimum absolute atomic E-state index is 0.00887. The monoisotopic (exact) mass is 390 g/mol. The maximum Gasteiger partial charge on any atom is 0.253 e. The molecule has 1 N–H and O–H groups in total. The third kappa shape index (κ3) is 6.06. The molecule has 1 aromatic carbocycles. The molecule has 146 valence electrons. The number of amides is 2. The summed E-state index contributed by atoms with van der Waals surface area (Å²) in [6.07, 6.45) is 0. The summed E-state index contributed by atoms with van der Waals surface area (Å²) in [5.74, 6) is 0.463. The zero-order valence-electron chi connectivity index (χ0n) is 16.2. The molecule has 1 aromatic heterocycles. The molecular weight excluding hydrogens is 364 g/mol. The van der Waals surface area contributed by atoms with Crippen molar-refractivity contribution in [1.82, 2.24) is 25.1 Å². The van der Waals surface area contributed by atoms with Crippen molar-refractivity contribution in [2.24, 2.45) is 5.92 Å². The predicted molar refractivity (Wildman–Crippen MR) is 106 cm³/mol. The number of thioether (sulfide) groups is 1. The molecule has 0 bridgehead atoms. The van der Waals surface area contributed by atoms with Crippen LogP contribution in [0.1, 0.15) is 38.1 Å². The first kappa shape index (κ1) is 20.9. The van der Waals surface area contributed by atoms with Gasteiger partial charge in [0.25, 0.3) is 5.91 Å².